The van der Waals surface area contributed by atoms with Gasteiger partial charge in [-0.25, -0.2) is 0 Å². The first-order valence-electron chi connectivity index (χ1n) is 6.49. The van der Waals surface area contributed by atoms with Gasteiger partial charge in [-0.1, -0.05) is 19.1 Å². The van der Waals surface area contributed by atoms with E-state index in [1.807, 2.05) is 0 Å². The molecule has 0 spiro atoms. The van der Waals surface area contributed by atoms with Crippen LogP contribution in [0.5, 0.6) is 0 Å². The second-order valence-electron chi connectivity index (χ2n) is 4.78. The molecule has 3 nitrogen and oxygen atoms in total. The van der Waals surface area contributed by atoms with Crippen LogP contribution >= 0.6 is 0 Å². The standard InChI is InChI=1S/C14H22N2O/c1-2-14(15)11-5-7-12(8-6-11)16-9-3-4-13(16)10-17/h5-8,13-14,17H,2-4,9-10,15H2,1H3. The van der Waals surface area contributed by atoms with Crippen LogP contribution in [0.1, 0.15) is 37.8 Å². The van der Waals surface area contributed by atoms with E-state index in [1.54, 1.807) is 0 Å². The lowest BCUT2D eigenvalue weighted by Gasteiger charge is -2.25. The molecule has 0 aliphatic carbocycles. The van der Waals surface area contributed by atoms with E-state index in [0.29, 0.717) is 6.04 Å². The summed E-state index contributed by atoms with van der Waals surface area (Å²) in [6, 6.07) is 8.89. The average molecular weight is 234 g/mol. The van der Waals surface area contributed by atoms with Crippen LogP contribution < -0.4 is 10.6 Å². The molecule has 3 heteroatoms. The van der Waals surface area contributed by atoms with E-state index in [9.17, 15) is 5.11 Å². The van der Waals surface area contributed by atoms with Gasteiger partial charge in [-0.2, -0.15) is 0 Å². The smallest absolute Gasteiger partial charge is 0.0635 e. The topological polar surface area (TPSA) is 49.5 Å². The van der Waals surface area contributed by atoms with Crippen molar-refractivity contribution in [2.75, 3.05) is 18.1 Å². The second kappa shape index (κ2) is 5.52. The number of nitrogens with two attached hydrogens (primary N) is 1. The lowest BCUT2D eigenvalue weighted by molar-refractivity contribution is 0.266. The van der Waals surface area contributed by atoms with Crippen molar-refractivity contribution in [1.82, 2.24) is 0 Å². The van der Waals surface area contributed by atoms with Crippen LogP contribution in [0.4, 0.5) is 5.69 Å². The van der Waals surface area contributed by atoms with Crippen LogP contribution in [0, 0.1) is 0 Å². The first-order chi connectivity index (χ1) is 8.26. The zero-order valence-corrected chi connectivity index (χ0v) is 10.5. The maximum Gasteiger partial charge on any atom is 0.0635 e. The molecule has 0 bridgehead atoms. The van der Waals surface area contributed by atoms with Crippen LogP contribution in [0.25, 0.3) is 0 Å². The minimum Gasteiger partial charge on any atom is -0.394 e. The van der Waals surface area contributed by atoms with E-state index in [4.69, 9.17) is 5.73 Å². The van der Waals surface area contributed by atoms with Gasteiger partial charge in [0.25, 0.3) is 0 Å². The highest BCUT2D eigenvalue weighted by atomic mass is 16.3. The third kappa shape index (κ3) is 2.61. The molecule has 1 aromatic rings. The molecule has 1 aromatic carbocycles. The first kappa shape index (κ1) is 12.4. The van der Waals surface area contributed by atoms with Gasteiger partial charge in [0.1, 0.15) is 0 Å². The van der Waals surface area contributed by atoms with E-state index in [1.165, 1.54) is 17.7 Å². The number of hydrogen-bond donors (Lipinski definition) is 2. The van der Waals surface area contributed by atoms with Gasteiger partial charge in [-0.05, 0) is 37.0 Å². The molecule has 1 fully saturated rings. The van der Waals surface area contributed by atoms with Crippen molar-refractivity contribution >= 4 is 5.69 Å². The SMILES string of the molecule is CCC(N)c1ccc(N2CCCC2CO)cc1. The number of aliphatic hydroxyl groups excluding tert-OH is 1. The van der Waals surface area contributed by atoms with Gasteiger partial charge in [-0.15, -0.1) is 0 Å². The third-order valence-electron chi connectivity index (χ3n) is 3.68. The number of benzene rings is 1. The molecule has 0 saturated carbocycles. The summed E-state index contributed by atoms with van der Waals surface area (Å²) in [5, 5.41) is 9.32. The van der Waals surface area contributed by atoms with Crippen LogP contribution in [-0.2, 0) is 0 Å². The Kier molecular flexibility index (Phi) is 4.02. The van der Waals surface area contributed by atoms with Crippen molar-refractivity contribution in [3.05, 3.63) is 29.8 Å². The molecule has 0 radical (unpaired) electrons. The normalized spacial score (nSPS) is 21.8. The quantitative estimate of drug-likeness (QED) is 0.838. The Morgan fingerprint density at radius 3 is 2.71 bits per heavy atom. The summed E-state index contributed by atoms with van der Waals surface area (Å²) >= 11 is 0. The maximum atomic E-state index is 9.32. The van der Waals surface area contributed by atoms with Crippen LogP contribution in [0.3, 0.4) is 0 Å². The van der Waals surface area contributed by atoms with Gasteiger partial charge in [0.05, 0.1) is 12.6 Å². The fourth-order valence-corrected chi connectivity index (χ4v) is 2.51. The maximum absolute atomic E-state index is 9.32. The van der Waals surface area contributed by atoms with Crippen molar-refractivity contribution in [2.45, 2.75) is 38.3 Å². The summed E-state index contributed by atoms with van der Waals surface area (Å²) < 4.78 is 0. The highest BCUT2D eigenvalue weighted by molar-refractivity contribution is 5.49. The van der Waals surface area contributed by atoms with Crippen molar-refractivity contribution in [1.29, 1.82) is 0 Å². The van der Waals surface area contributed by atoms with Gasteiger partial charge in [-0.3, -0.25) is 0 Å². The predicted molar refractivity (Wildman–Crippen MR) is 71.1 cm³/mol. The van der Waals surface area contributed by atoms with E-state index in [-0.39, 0.29) is 12.6 Å². The molecule has 2 rings (SSSR count). The third-order valence-corrected chi connectivity index (χ3v) is 3.68. The van der Waals surface area contributed by atoms with Gasteiger partial charge >= 0.3 is 0 Å². The Morgan fingerprint density at radius 2 is 2.12 bits per heavy atom. The number of anilines is 1. The number of hydrogen-bond acceptors (Lipinski definition) is 3. The summed E-state index contributed by atoms with van der Waals surface area (Å²) in [6.45, 7) is 3.39. The van der Waals surface area contributed by atoms with Gasteiger partial charge < -0.3 is 15.7 Å². The molecule has 17 heavy (non-hydrogen) atoms. The molecule has 3 N–H and O–H groups in total. The summed E-state index contributed by atoms with van der Waals surface area (Å²) in [5.41, 5.74) is 8.39. The largest absolute Gasteiger partial charge is 0.394 e. The summed E-state index contributed by atoms with van der Waals surface area (Å²) in [6.07, 6.45) is 3.22. The molecular weight excluding hydrogens is 212 g/mol. The summed E-state index contributed by atoms with van der Waals surface area (Å²) in [4.78, 5) is 2.29. The second-order valence-corrected chi connectivity index (χ2v) is 4.78. The average Bonchev–Trinajstić information content (AvgIpc) is 2.86. The molecular formula is C14H22N2O. The summed E-state index contributed by atoms with van der Waals surface area (Å²) in [5.74, 6) is 0. The van der Waals surface area contributed by atoms with Gasteiger partial charge in [0, 0.05) is 18.3 Å². The fraction of sp³-hybridized carbons (Fsp3) is 0.571. The lowest BCUT2D eigenvalue weighted by atomic mass is 10.0. The minimum atomic E-state index is 0.135. The zero-order chi connectivity index (χ0) is 12.3. The molecule has 2 unspecified atom stereocenters. The van der Waals surface area contributed by atoms with E-state index < -0.39 is 0 Å². The molecule has 0 aromatic heterocycles. The zero-order valence-electron chi connectivity index (χ0n) is 10.5. The monoisotopic (exact) mass is 234 g/mol. The van der Waals surface area contributed by atoms with Crippen molar-refractivity contribution < 1.29 is 5.11 Å². The lowest BCUT2D eigenvalue weighted by Crippen LogP contribution is -2.31. The highest BCUT2D eigenvalue weighted by Gasteiger charge is 2.23. The van der Waals surface area contributed by atoms with Gasteiger partial charge in [0.2, 0.25) is 0 Å². The predicted octanol–water partition coefficient (Wildman–Crippen LogP) is 2.06. The van der Waals surface area contributed by atoms with E-state index in [0.717, 1.165) is 19.4 Å². The van der Waals surface area contributed by atoms with Crippen LogP contribution in [0.15, 0.2) is 24.3 Å². The Bertz CT molecular complexity index is 350. The molecule has 94 valence electrons. The number of nitrogens with zero attached hydrogens (tertiary/aromatic N) is 1. The molecule has 1 saturated heterocycles. The van der Waals surface area contributed by atoms with Crippen molar-refractivity contribution in [3.8, 4) is 0 Å². The Labute approximate surface area is 103 Å². The van der Waals surface area contributed by atoms with E-state index in [2.05, 4.69) is 36.1 Å². The summed E-state index contributed by atoms with van der Waals surface area (Å²) in [7, 11) is 0. The Hall–Kier alpha value is -1.06. The number of aliphatic hydroxyl groups is 1. The minimum absolute atomic E-state index is 0.135. The number of rotatable bonds is 4. The van der Waals surface area contributed by atoms with Crippen molar-refractivity contribution in [3.63, 3.8) is 0 Å². The van der Waals surface area contributed by atoms with Crippen LogP contribution in [0.2, 0.25) is 0 Å². The van der Waals surface area contributed by atoms with E-state index >= 15 is 0 Å². The van der Waals surface area contributed by atoms with Crippen molar-refractivity contribution in [2.24, 2.45) is 5.73 Å². The Morgan fingerprint density at radius 1 is 1.41 bits per heavy atom. The molecule has 1 heterocycles. The Balaban J connectivity index is 2.12. The van der Waals surface area contributed by atoms with Crippen LogP contribution in [-0.4, -0.2) is 24.3 Å². The molecule has 1 aliphatic heterocycles. The van der Waals surface area contributed by atoms with Gasteiger partial charge in [0.15, 0.2) is 0 Å². The highest BCUT2D eigenvalue weighted by Crippen LogP contribution is 2.26. The molecule has 1 aliphatic rings. The molecule has 0 amide bonds. The first-order valence-corrected chi connectivity index (χ1v) is 6.49. The molecule has 2 atom stereocenters. The fourth-order valence-electron chi connectivity index (χ4n) is 2.51.